The van der Waals surface area contributed by atoms with Crippen LogP contribution < -0.4 is 4.74 Å². The van der Waals surface area contributed by atoms with Crippen LogP contribution in [0.5, 0.6) is 5.75 Å². The second kappa shape index (κ2) is 6.94. The molecule has 0 bridgehead atoms. The number of Topliss-reactive ketones (excluding diaryl/α,β-unsaturated/α-hetero) is 2. The molecule has 1 aromatic rings. The van der Waals surface area contributed by atoms with Crippen molar-refractivity contribution in [3.05, 3.63) is 29.8 Å². The van der Waals surface area contributed by atoms with Crippen molar-refractivity contribution in [1.29, 1.82) is 0 Å². The zero-order valence-electron chi connectivity index (χ0n) is 11.2. The number of carbonyl (C=O) groups excluding carboxylic acids is 2. The highest BCUT2D eigenvalue weighted by Gasteiger charge is 2.16. The second-order valence-electron chi connectivity index (χ2n) is 4.34. The Bertz CT molecular complexity index is 424. The Balaban J connectivity index is 2.72. The van der Waals surface area contributed by atoms with E-state index in [-0.39, 0.29) is 23.9 Å². The average Bonchev–Trinajstić information content (AvgIpc) is 2.38. The van der Waals surface area contributed by atoms with Crippen LogP contribution in [-0.4, -0.2) is 18.2 Å². The molecule has 0 spiro atoms. The maximum atomic E-state index is 12.0. The van der Waals surface area contributed by atoms with E-state index >= 15 is 0 Å². The molecular formula is C15H20O3. The molecule has 0 aromatic heterocycles. The fourth-order valence-corrected chi connectivity index (χ4v) is 1.59. The van der Waals surface area contributed by atoms with Crippen LogP contribution in [0.15, 0.2) is 24.3 Å². The Morgan fingerprint density at radius 1 is 1.28 bits per heavy atom. The van der Waals surface area contributed by atoms with Crippen molar-refractivity contribution in [2.24, 2.45) is 5.92 Å². The van der Waals surface area contributed by atoms with Gasteiger partial charge in [-0.05, 0) is 25.5 Å². The van der Waals surface area contributed by atoms with Gasteiger partial charge in [-0.25, -0.2) is 0 Å². The quantitative estimate of drug-likeness (QED) is 0.549. The first-order valence-electron chi connectivity index (χ1n) is 6.37. The summed E-state index contributed by atoms with van der Waals surface area (Å²) in [5.41, 5.74) is 0.539. The zero-order chi connectivity index (χ0) is 13.5. The summed E-state index contributed by atoms with van der Waals surface area (Å²) < 4.78 is 5.33. The molecule has 3 nitrogen and oxygen atoms in total. The van der Waals surface area contributed by atoms with E-state index in [1.54, 1.807) is 24.3 Å². The van der Waals surface area contributed by atoms with Crippen molar-refractivity contribution >= 4 is 11.6 Å². The number of ketones is 2. The van der Waals surface area contributed by atoms with Crippen LogP contribution in [0.4, 0.5) is 0 Å². The molecule has 0 amide bonds. The van der Waals surface area contributed by atoms with Crippen LogP contribution in [0.2, 0.25) is 0 Å². The maximum absolute atomic E-state index is 12.0. The van der Waals surface area contributed by atoms with Gasteiger partial charge in [0.05, 0.1) is 13.0 Å². The van der Waals surface area contributed by atoms with Gasteiger partial charge >= 0.3 is 0 Å². The minimum absolute atomic E-state index is 0.00399. The van der Waals surface area contributed by atoms with Crippen LogP contribution in [-0.2, 0) is 4.79 Å². The van der Waals surface area contributed by atoms with Gasteiger partial charge in [0, 0.05) is 11.5 Å². The van der Waals surface area contributed by atoms with E-state index in [9.17, 15) is 9.59 Å². The lowest BCUT2D eigenvalue weighted by atomic mass is 9.97. The molecule has 0 aliphatic rings. The lowest BCUT2D eigenvalue weighted by Gasteiger charge is -2.08. The Labute approximate surface area is 108 Å². The second-order valence-corrected chi connectivity index (χ2v) is 4.34. The Hall–Kier alpha value is -1.64. The summed E-state index contributed by atoms with van der Waals surface area (Å²) in [6.07, 6.45) is 0.746. The molecule has 1 rings (SSSR count). The molecule has 18 heavy (non-hydrogen) atoms. The van der Waals surface area contributed by atoms with Crippen LogP contribution in [0.25, 0.3) is 0 Å². The maximum Gasteiger partial charge on any atom is 0.170 e. The molecule has 0 radical (unpaired) electrons. The molecule has 1 atom stereocenters. The van der Waals surface area contributed by atoms with Crippen molar-refractivity contribution in [3.63, 3.8) is 0 Å². The van der Waals surface area contributed by atoms with Gasteiger partial charge in [-0.15, -0.1) is 0 Å². The number of ether oxygens (including phenoxy) is 1. The van der Waals surface area contributed by atoms with Crippen molar-refractivity contribution in [1.82, 2.24) is 0 Å². The molecule has 3 heteroatoms. The van der Waals surface area contributed by atoms with Crippen molar-refractivity contribution in [2.75, 3.05) is 6.61 Å². The van der Waals surface area contributed by atoms with Gasteiger partial charge in [-0.2, -0.15) is 0 Å². The van der Waals surface area contributed by atoms with Gasteiger partial charge in [0.25, 0.3) is 0 Å². The third kappa shape index (κ3) is 3.99. The molecule has 98 valence electrons. The van der Waals surface area contributed by atoms with Crippen molar-refractivity contribution in [3.8, 4) is 5.75 Å². The predicted octanol–water partition coefficient (Wildman–Crippen LogP) is 3.27. The number of hydrogen-bond acceptors (Lipinski definition) is 3. The van der Waals surface area contributed by atoms with Gasteiger partial charge < -0.3 is 4.74 Å². The minimum Gasteiger partial charge on any atom is -0.494 e. The first-order valence-corrected chi connectivity index (χ1v) is 6.37. The third-order valence-corrected chi connectivity index (χ3v) is 2.96. The fourth-order valence-electron chi connectivity index (χ4n) is 1.59. The average molecular weight is 248 g/mol. The molecule has 0 N–H and O–H groups in total. The third-order valence-electron chi connectivity index (χ3n) is 2.96. The van der Waals surface area contributed by atoms with E-state index in [4.69, 9.17) is 4.74 Å². The lowest BCUT2D eigenvalue weighted by Crippen LogP contribution is -2.15. The largest absolute Gasteiger partial charge is 0.494 e. The molecule has 0 saturated heterocycles. The number of carbonyl (C=O) groups is 2. The van der Waals surface area contributed by atoms with E-state index < -0.39 is 0 Å². The van der Waals surface area contributed by atoms with E-state index in [1.165, 1.54) is 0 Å². The summed E-state index contributed by atoms with van der Waals surface area (Å²) in [4.78, 5) is 23.7. The molecule has 0 heterocycles. The summed E-state index contributed by atoms with van der Waals surface area (Å²) in [7, 11) is 0. The van der Waals surface area contributed by atoms with E-state index in [0.29, 0.717) is 17.9 Å². The summed E-state index contributed by atoms with van der Waals surface area (Å²) in [5.74, 6) is 0.481. The molecule has 0 aliphatic heterocycles. The van der Waals surface area contributed by atoms with Gasteiger partial charge in [0.2, 0.25) is 0 Å². The normalized spacial score (nSPS) is 11.9. The van der Waals surface area contributed by atoms with E-state index in [0.717, 1.165) is 6.42 Å². The number of hydrogen-bond donors (Lipinski definition) is 0. The summed E-state index contributed by atoms with van der Waals surface area (Å²) in [6, 6.07) is 6.98. The Kier molecular flexibility index (Phi) is 5.56. The van der Waals surface area contributed by atoms with Gasteiger partial charge in [0.1, 0.15) is 11.5 Å². The Morgan fingerprint density at radius 3 is 2.61 bits per heavy atom. The molecule has 1 unspecified atom stereocenters. The first kappa shape index (κ1) is 14.4. The highest BCUT2D eigenvalue weighted by atomic mass is 16.5. The van der Waals surface area contributed by atoms with Gasteiger partial charge in [-0.3, -0.25) is 9.59 Å². The fraction of sp³-hybridized carbons (Fsp3) is 0.467. The lowest BCUT2D eigenvalue weighted by molar-refractivity contribution is -0.121. The van der Waals surface area contributed by atoms with Crippen LogP contribution in [0, 0.1) is 5.92 Å². The predicted molar refractivity (Wildman–Crippen MR) is 71.0 cm³/mol. The Morgan fingerprint density at radius 2 is 2.00 bits per heavy atom. The van der Waals surface area contributed by atoms with Crippen LogP contribution in [0.1, 0.15) is 44.0 Å². The van der Waals surface area contributed by atoms with E-state index in [2.05, 4.69) is 0 Å². The number of rotatable bonds is 7. The molecule has 0 aliphatic carbocycles. The summed E-state index contributed by atoms with van der Waals surface area (Å²) >= 11 is 0. The van der Waals surface area contributed by atoms with Gasteiger partial charge in [0.15, 0.2) is 5.78 Å². The van der Waals surface area contributed by atoms with Crippen molar-refractivity contribution < 1.29 is 14.3 Å². The smallest absolute Gasteiger partial charge is 0.170 e. The van der Waals surface area contributed by atoms with Gasteiger partial charge in [-0.1, -0.05) is 26.0 Å². The van der Waals surface area contributed by atoms with E-state index in [1.807, 2.05) is 20.8 Å². The number of benzene rings is 1. The standard InChI is InChI=1S/C15H20O3/c1-4-11(3)14(16)10-15(17)12-7-6-8-13(9-12)18-5-2/h6-9,11H,4-5,10H2,1-3H3. The SMILES string of the molecule is CCOc1cccc(C(=O)CC(=O)C(C)CC)c1. The first-order chi connectivity index (χ1) is 8.58. The topological polar surface area (TPSA) is 43.4 Å². The molecular weight excluding hydrogens is 228 g/mol. The van der Waals surface area contributed by atoms with Crippen LogP contribution in [0.3, 0.4) is 0 Å². The monoisotopic (exact) mass is 248 g/mol. The molecule has 1 aromatic carbocycles. The minimum atomic E-state index is -0.137. The summed E-state index contributed by atoms with van der Waals surface area (Å²) in [6.45, 7) is 6.25. The molecule has 0 fully saturated rings. The van der Waals surface area contributed by atoms with Crippen LogP contribution >= 0.6 is 0 Å². The highest BCUT2D eigenvalue weighted by Crippen LogP contribution is 2.16. The summed E-state index contributed by atoms with van der Waals surface area (Å²) in [5, 5.41) is 0. The van der Waals surface area contributed by atoms with Crippen molar-refractivity contribution in [2.45, 2.75) is 33.6 Å². The highest BCUT2D eigenvalue weighted by molar-refractivity contribution is 6.08. The zero-order valence-corrected chi connectivity index (χ0v) is 11.2. The molecule has 0 saturated carbocycles.